The molecule has 1 heterocycles. The summed E-state index contributed by atoms with van der Waals surface area (Å²) in [5, 5.41) is 21.8. The minimum Gasteiger partial charge on any atom is -0.454 e. The monoisotopic (exact) mass is 509 g/mol. The molecule has 4 nitrogen and oxygen atoms in total. The molecule has 5 heteroatoms. The predicted molar refractivity (Wildman–Crippen MR) is 161 cm³/mol. The highest BCUT2D eigenvalue weighted by atomic mass is 16.4. The number of anilines is 3. The first-order chi connectivity index (χ1) is 18.9. The number of fused-ring (bicyclic) bond motifs is 6. The Labute approximate surface area is 227 Å². The van der Waals surface area contributed by atoms with Gasteiger partial charge in [-0.15, -0.1) is 0 Å². The van der Waals surface area contributed by atoms with Crippen LogP contribution in [0.5, 0.6) is 0 Å². The SMILES string of the molecule is Cc1ccccc1N(c1ccc2c(c1)C(C)(C)c1ccccc1-2)c1cccc2c1oc1c(B(O)O)cccc12. The van der Waals surface area contributed by atoms with Crippen molar-refractivity contribution < 1.29 is 14.5 Å². The normalized spacial score (nSPS) is 13.5. The Morgan fingerprint density at radius 1 is 0.667 bits per heavy atom. The van der Waals surface area contributed by atoms with Crippen molar-refractivity contribution in [3.05, 3.63) is 120 Å². The first-order valence-corrected chi connectivity index (χ1v) is 13.3. The van der Waals surface area contributed by atoms with Crippen molar-refractivity contribution in [2.75, 3.05) is 4.90 Å². The Hall–Kier alpha value is -4.32. The Kier molecular flexibility index (Phi) is 5.24. The highest BCUT2D eigenvalue weighted by Crippen LogP contribution is 2.51. The maximum absolute atomic E-state index is 10.0. The van der Waals surface area contributed by atoms with Crippen LogP contribution in [0.15, 0.2) is 108 Å². The number of para-hydroxylation sites is 3. The molecule has 0 unspecified atom stereocenters. The topological polar surface area (TPSA) is 56.8 Å². The summed E-state index contributed by atoms with van der Waals surface area (Å²) < 4.78 is 6.46. The molecule has 0 bridgehead atoms. The fourth-order valence-electron chi connectivity index (χ4n) is 6.26. The van der Waals surface area contributed by atoms with Gasteiger partial charge in [0.05, 0.1) is 5.69 Å². The molecule has 0 aliphatic heterocycles. The van der Waals surface area contributed by atoms with Crippen LogP contribution in [0.1, 0.15) is 30.5 Å². The summed E-state index contributed by atoms with van der Waals surface area (Å²) in [5.74, 6) is 0. The van der Waals surface area contributed by atoms with E-state index >= 15 is 0 Å². The quantitative estimate of drug-likeness (QED) is 0.244. The lowest BCUT2D eigenvalue weighted by Gasteiger charge is -2.29. The smallest absolute Gasteiger partial charge is 0.454 e. The molecule has 0 spiro atoms. The molecule has 1 aliphatic rings. The molecule has 7 rings (SSSR count). The van der Waals surface area contributed by atoms with E-state index in [0.29, 0.717) is 16.6 Å². The second-order valence-corrected chi connectivity index (χ2v) is 10.9. The van der Waals surface area contributed by atoms with Crippen LogP contribution >= 0.6 is 0 Å². The lowest BCUT2D eigenvalue weighted by atomic mass is 9.79. The van der Waals surface area contributed by atoms with E-state index in [1.54, 1.807) is 6.07 Å². The van der Waals surface area contributed by atoms with E-state index in [9.17, 15) is 10.0 Å². The van der Waals surface area contributed by atoms with Gasteiger partial charge in [-0.1, -0.05) is 92.7 Å². The number of nitrogens with zero attached hydrogens (tertiary/aromatic N) is 1. The predicted octanol–water partition coefficient (Wildman–Crippen LogP) is 7.35. The van der Waals surface area contributed by atoms with Crippen molar-refractivity contribution in [3.8, 4) is 11.1 Å². The van der Waals surface area contributed by atoms with Crippen LogP contribution in [0.4, 0.5) is 17.1 Å². The van der Waals surface area contributed by atoms with Crippen LogP contribution < -0.4 is 10.4 Å². The fourth-order valence-corrected chi connectivity index (χ4v) is 6.26. The van der Waals surface area contributed by atoms with E-state index < -0.39 is 7.12 Å². The van der Waals surface area contributed by atoms with Crippen LogP contribution in [0.2, 0.25) is 0 Å². The molecule has 0 atom stereocenters. The van der Waals surface area contributed by atoms with Crippen LogP contribution in [-0.4, -0.2) is 17.2 Å². The molecule has 39 heavy (non-hydrogen) atoms. The average molecular weight is 509 g/mol. The van der Waals surface area contributed by atoms with Crippen molar-refractivity contribution in [1.29, 1.82) is 0 Å². The molecule has 0 saturated carbocycles. The Morgan fingerprint density at radius 2 is 1.33 bits per heavy atom. The van der Waals surface area contributed by atoms with Gasteiger partial charge < -0.3 is 19.4 Å². The average Bonchev–Trinajstić information content (AvgIpc) is 3.43. The third kappa shape index (κ3) is 3.47. The molecule has 5 aromatic carbocycles. The minimum absolute atomic E-state index is 0.128. The first kappa shape index (κ1) is 23.8. The Morgan fingerprint density at radius 3 is 2.13 bits per heavy atom. The lowest BCUT2D eigenvalue weighted by molar-refractivity contribution is 0.425. The molecule has 2 N–H and O–H groups in total. The minimum atomic E-state index is -1.62. The summed E-state index contributed by atoms with van der Waals surface area (Å²) in [7, 11) is -1.62. The van der Waals surface area contributed by atoms with Crippen LogP contribution in [-0.2, 0) is 5.41 Å². The second kappa shape index (κ2) is 8.60. The molecule has 0 amide bonds. The van der Waals surface area contributed by atoms with Gasteiger partial charge in [0.2, 0.25) is 0 Å². The van der Waals surface area contributed by atoms with Crippen LogP contribution in [0.3, 0.4) is 0 Å². The maximum atomic E-state index is 10.0. The molecular formula is C34H28BNO3. The van der Waals surface area contributed by atoms with E-state index in [1.807, 2.05) is 24.3 Å². The molecule has 6 aromatic rings. The van der Waals surface area contributed by atoms with E-state index in [-0.39, 0.29) is 5.41 Å². The molecule has 1 aliphatic carbocycles. The standard InChI is InChI=1S/C34H28BNO3/c1-21-10-4-7-16-30(21)36(22-18-19-24-23-11-5-6-14-27(23)34(2,3)28(24)20-22)31-17-9-13-26-25-12-8-15-29(35(37)38)32(25)39-33(26)31/h4-20,37-38H,1-3H3. The van der Waals surface area contributed by atoms with Crippen molar-refractivity contribution in [2.45, 2.75) is 26.2 Å². The largest absolute Gasteiger partial charge is 0.492 e. The highest BCUT2D eigenvalue weighted by Gasteiger charge is 2.36. The summed E-state index contributed by atoms with van der Waals surface area (Å²) in [6, 6.07) is 35.4. The van der Waals surface area contributed by atoms with Crippen LogP contribution in [0.25, 0.3) is 33.1 Å². The second-order valence-electron chi connectivity index (χ2n) is 10.9. The van der Waals surface area contributed by atoms with Crippen LogP contribution in [0, 0.1) is 6.92 Å². The van der Waals surface area contributed by atoms with E-state index in [2.05, 4.69) is 98.5 Å². The Bertz CT molecular complexity index is 1900. The zero-order valence-corrected chi connectivity index (χ0v) is 22.1. The van der Waals surface area contributed by atoms with E-state index in [4.69, 9.17) is 4.42 Å². The van der Waals surface area contributed by atoms with Gasteiger partial charge in [-0.3, -0.25) is 0 Å². The molecule has 190 valence electrons. The number of rotatable bonds is 4. The lowest BCUT2D eigenvalue weighted by Crippen LogP contribution is -2.29. The van der Waals surface area contributed by atoms with Gasteiger partial charge >= 0.3 is 7.12 Å². The van der Waals surface area contributed by atoms with Gasteiger partial charge in [0.1, 0.15) is 5.58 Å². The first-order valence-electron chi connectivity index (χ1n) is 13.3. The fraction of sp³-hybridized carbons (Fsp3) is 0.118. The van der Waals surface area contributed by atoms with Gasteiger partial charge in [-0.2, -0.15) is 0 Å². The Balaban J connectivity index is 1.51. The van der Waals surface area contributed by atoms with Crippen molar-refractivity contribution >= 4 is 51.6 Å². The molecule has 1 aromatic heterocycles. The molecule has 0 saturated heterocycles. The van der Waals surface area contributed by atoms with Gasteiger partial charge in [-0.25, -0.2) is 0 Å². The highest BCUT2D eigenvalue weighted by molar-refractivity contribution is 6.61. The summed E-state index contributed by atoms with van der Waals surface area (Å²) in [6.07, 6.45) is 0. The molecule has 0 fully saturated rings. The number of hydrogen-bond acceptors (Lipinski definition) is 4. The summed E-state index contributed by atoms with van der Waals surface area (Å²) in [5.41, 5.74) is 10.7. The number of furan rings is 1. The summed E-state index contributed by atoms with van der Waals surface area (Å²) in [4.78, 5) is 2.26. The summed E-state index contributed by atoms with van der Waals surface area (Å²) in [6.45, 7) is 6.71. The van der Waals surface area contributed by atoms with Gasteiger partial charge in [-0.05, 0) is 59.0 Å². The third-order valence-electron chi connectivity index (χ3n) is 8.23. The summed E-state index contributed by atoms with van der Waals surface area (Å²) >= 11 is 0. The van der Waals surface area contributed by atoms with Crippen molar-refractivity contribution in [3.63, 3.8) is 0 Å². The number of benzene rings is 5. The third-order valence-corrected chi connectivity index (χ3v) is 8.23. The maximum Gasteiger partial charge on any atom is 0.492 e. The van der Waals surface area contributed by atoms with Crippen molar-refractivity contribution in [1.82, 2.24) is 0 Å². The molecular weight excluding hydrogens is 481 g/mol. The zero-order valence-electron chi connectivity index (χ0n) is 22.1. The van der Waals surface area contributed by atoms with Gasteiger partial charge in [0.15, 0.2) is 5.58 Å². The van der Waals surface area contributed by atoms with Gasteiger partial charge in [0, 0.05) is 33.0 Å². The molecule has 0 radical (unpaired) electrons. The van der Waals surface area contributed by atoms with Gasteiger partial charge in [0.25, 0.3) is 0 Å². The van der Waals surface area contributed by atoms with E-state index in [1.165, 1.54) is 22.3 Å². The number of hydrogen-bond donors (Lipinski definition) is 2. The zero-order chi connectivity index (χ0) is 26.9. The van der Waals surface area contributed by atoms with Crippen molar-refractivity contribution in [2.24, 2.45) is 0 Å². The van der Waals surface area contributed by atoms with E-state index in [0.717, 1.165) is 33.4 Å². The number of aryl methyl sites for hydroxylation is 1.